The van der Waals surface area contributed by atoms with Gasteiger partial charge in [0, 0.05) is 5.38 Å². The van der Waals surface area contributed by atoms with Crippen LogP contribution in [0.15, 0.2) is 42.3 Å². The van der Waals surface area contributed by atoms with Gasteiger partial charge in [0.1, 0.15) is 0 Å². The van der Waals surface area contributed by atoms with E-state index in [9.17, 15) is 0 Å². The van der Waals surface area contributed by atoms with Crippen molar-refractivity contribution < 1.29 is 0 Å². The summed E-state index contributed by atoms with van der Waals surface area (Å²) in [4.78, 5) is 0. The molecular weight excluding hydrogens is 202 g/mol. The second kappa shape index (κ2) is 8.06. The van der Waals surface area contributed by atoms with Crippen molar-refractivity contribution in [3.05, 3.63) is 47.9 Å². The molecule has 1 nitrogen and oxygen atoms in total. The quantitative estimate of drug-likeness (QED) is 0.747. The molecule has 0 aliphatic carbocycles. The summed E-state index contributed by atoms with van der Waals surface area (Å²) in [6.07, 6.45) is 7.80. The summed E-state index contributed by atoms with van der Waals surface area (Å²) in [5.41, 5.74) is 7.95. The first-order valence-corrected chi connectivity index (χ1v) is 5.95. The number of rotatable bonds is 3. The maximum Gasteiger partial charge on any atom is 0.0862 e. The van der Waals surface area contributed by atoms with E-state index in [-0.39, 0.29) is 0 Å². The lowest BCUT2D eigenvalue weighted by Gasteiger charge is -1.95. The first kappa shape index (κ1) is 13.7. The van der Waals surface area contributed by atoms with Crippen molar-refractivity contribution in [1.29, 1.82) is 0 Å². The summed E-state index contributed by atoms with van der Waals surface area (Å²) in [7, 11) is 0. The number of allylic oxidation sites excluding steroid dienone is 5. The van der Waals surface area contributed by atoms with Gasteiger partial charge in [0.15, 0.2) is 0 Å². The monoisotopic (exact) mass is 221 g/mol. The van der Waals surface area contributed by atoms with Crippen LogP contribution in [0.2, 0.25) is 0 Å². The molecule has 0 atom stereocenters. The fourth-order valence-electron chi connectivity index (χ4n) is 1.06. The highest BCUT2D eigenvalue weighted by molar-refractivity contribution is 7.14. The van der Waals surface area contributed by atoms with Crippen molar-refractivity contribution in [2.45, 2.75) is 20.8 Å². The lowest BCUT2D eigenvalue weighted by atomic mass is 10.1. The highest BCUT2D eigenvalue weighted by Crippen LogP contribution is 2.24. The zero-order valence-corrected chi connectivity index (χ0v) is 10.5. The van der Waals surface area contributed by atoms with E-state index in [1.807, 2.05) is 50.4 Å². The Balaban J connectivity index is 0.000000921. The van der Waals surface area contributed by atoms with Crippen LogP contribution in [0.5, 0.6) is 0 Å². The Morgan fingerprint density at radius 3 is 2.53 bits per heavy atom. The molecule has 2 heteroatoms. The molecule has 1 heterocycles. The maximum absolute atomic E-state index is 5.65. The zero-order chi connectivity index (χ0) is 11.7. The van der Waals surface area contributed by atoms with Gasteiger partial charge in [0.2, 0.25) is 0 Å². The molecular formula is C13H19NS. The molecule has 0 bridgehead atoms. The smallest absolute Gasteiger partial charge is 0.0862 e. The lowest BCUT2D eigenvalue weighted by molar-refractivity contribution is 1.50. The van der Waals surface area contributed by atoms with Crippen LogP contribution >= 0.6 is 11.3 Å². The fraction of sp³-hybridized carbons (Fsp3) is 0.231. The van der Waals surface area contributed by atoms with Crippen LogP contribution in [-0.4, -0.2) is 0 Å². The van der Waals surface area contributed by atoms with Crippen molar-refractivity contribution in [2.75, 3.05) is 5.73 Å². The van der Waals surface area contributed by atoms with Crippen LogP contribution in [0.3, 0.4) is 0 Å². The van der Waals surface area contributed by atoms with E-state index in [0.717, 1.165) is 16.1 Å². The third kappa shape index (κ3) is 4.66. The Morgan fingerprint density at radius 2 is 2.13 bits per heavy atom. The van der Waals surface area contributed by atoms with E-state index >= 15 is 0 Å². The predicted molar refractivity (Wildman–Crippen MR) is 73.1 cm³/mol. The lowest BCUT2D eigenvalue weighted by Crippen LogP contribution is -1.77. The van der Waals surface area contributed by atoms with Crippen molar-refractivity contribution in [1.82, 2.24) is 0 Å². The average molecular weight is 221 g/mol. The van der Waals surface area contributed by atoms with Gasteiger partial charge in [-0.25, -0.2) is 0 Å². The van der Waals surface area contributed by atoms with Crippen molar-refractivity contribution in [3.8, 4) is 0 Å². The third-order valence-corrected chi connectivity index (χ3v) is 2.36. The number of thiophene rings is 1. The molecule has 0 aliphatic rings. The minimum absolute atomic E-state index is 0.842. The van der Waals surface area contributed by atoms with Crippen LogP contribution in [0, 0.1) is 0 Å². The van der Waals surface area contributed by atoms with Gasteiger partial charge in [-0.05, 0) is 24.1 Å². The average Bonchev–Trinajstić information content (AvgIpc) is 2.68. The third-order valence-electron chi connectivity index (χ3n) is 1.60. The largest absolute Gasteiger partial charge is 0.391 e. The summed E-state index contributed by atoms with van der Waals surface area (Å²) >= 11 is 1.55. The molecule has 0 radical (unpaired) electrons. The van der Waals surface area contributed by atoms with Gasteiger partial charge in [-0.2, -0.15) is 0 Å². The standard InChI is InChI=1S/C11H13NS.C2H6/c1-3-5-9(6-4-2)10-7-11(12)13-8-10;1-2/h3-8H,1,12H2,2H3;1-2H3/b6-4-,9-5+;. The molecule has 1 rings (SSSR count). The van der Waals surface area contributed by atoms with Crippen LogP contribution in [0.1, 0.15) is 26.3 Å². The molecule has 1 aromatic rings. The van der Waals surface area contributed by atoms with E-state index in [4.69, 9.17) is 5.73 Å². The van der Waals surface area contributed by atoms with Crippen molar-refractivity contribution >= 4 is 21.9 Å². The van der Waals surface area contributed by atoms with Gasteiger partial charge in [-0.3, -0.25) is 0 Å². The first-order chi connectivity index (χ1) is 7.27. The Morgan fingerprint density at radius 1 is 1.47 bits per heavy atom. The number of anilines is 1. The van der Waals surface area contributed by atoms with Gasteiger partial charge < -0.3 is 5.73 Å². The molecule has 0 aromatic carbocycles. The molecule has 0 saturated heterocycles. The van der Waals surface area contributed by atoms with Crippen LogP contribution in [0.25, 0.3) is 5.57 Å². The van der Waals surface area contributed by atoms with Gasteiger partial charge in [0.25, 0.3) is 0 Å². The van der Waals surface area contributed by atoms with E-state index in [1.54, 1.807) is 17.4 Å². The van der Waals surface area contributed by atoms with E-state index in [2.05, 4.69) is 6.58 Å². The molecule has 2 N–H and O–H groups in total. The second-order valence-corrected chi connectivity index (χ2v) is 3.54. The van der Waals surface area contributed by atoms with Crippen LogP contribution < -0.4 is 5.73 Å². The fourth-order valence-corrected chi connectivity index (χ4v) is 1.72. The topological polar surface area (TPSA) is 26.0 Å². The van der Waals surface area contributed by atoms with Gasteiger partial charge >= 0.3 is 0 Å². The SMILES string of the molecule is C=C/C=C(\C=C/C)c1csc(N)c1.CC. The summed E-state index contributed by atoms with van der Waals surface area (Å²) in [6, 6.07) is 1.97. The number of hydrogen-bond acceptors (Lipinski definition) is 2. The number of nitrogens with two attached hydrogens (primary N) is 1. The Hall–Kier alpha value is -1.28. The molecule has 0 spiro atoms. The molecule has 0 unspecified atom stereocenters. The number of nitrogen functional groups attached to an aromatic ring is 1. The summed E-state index contributed by atoms with van der Waals surface area (Å²) in [5, 5.41) is 2.89. The molecule has 82 valence electrons. The normalized spacial score (nSPS) is 11.0. The Bertz CT molecular complexity index is 345. The minimum Gasteiger partial charge on any atom is -0.391 e. The Kier molecular flexibility index (Phi) is 7.38. The highest BCUT2D eigenvalue weighted by Gasteiger charge is 1.98. The van der Waals surface area contributed by atoms with Gasteiger partial charge in [-0.15, -0.1) is 11.3 Å². The highest BCUT2D eigenvalue weighted by atomic mass is 32.1. The number of hydrogen-bond donors (Lipinski definition) is 1. The van der Waals surface area contributed by atoms with Crippen LogP contribution in [-0.2, 0) is 0 Å². The van der Waals surface area contributed by atoms with E-state index in [1.165, 1.54) is 0 Å². The summed E-state index contributed by atoms with van der Waals surface area (Å²) in [6.45, 7) is 9.67. The van der Waals surface area contributed by atoms with E-state index < -0.39 is 0 Å². The van der Waals surface area contributed by atoms with Crippen molar-refractivity contribution in [2.24, 2.45) is 0 Å². The summed E-state index contributed by atoms with van der Waals surface area (Å²) in [5.74, 6) is 0. The zero-order valence-electron chi connectivity index (χ0n) is 9.66. The first-order valence-electron chi connectivity index (χ1n) is 5.07. The molecule has 0 aliphatic heterocycles. The predicted octanol–water partition coefficient (Wildman–Crippen LogP) is 4.50. The molecule has 15 heavy (non-hydrogen) atoms. The molecule has 0 amide bonds. The van der Waals surface area contributed by atoms with Crippen molar-refractivity contribution in [3.63, 3.8) is 0 Å². The molecule has 0 saturated carbocycles. The van der Waals surface area contributed by atoms with E-state index in [0.29, 0.717) is 0 Å². The maximum atomic E-state index is 5.65. The minimum atomic E-state index is 0.842. The van der Waals surface area contributed by atoms with Crippen LogP contribution in [0.4, 0.5) is 5.00 Å². The van der Waals surface area contributed by atoms with Gasteiger partial charge in [-0.1, -0.05) is 44.7 Å². The molecule has 0 fully saturated rings. The van der Waals surface area contributed by atoms with Gasteiger partial charge in [0.05, 0.1) is 5.00 Å². The second-order valence-electron chi connectivity index (χ2n) is 2.60. The molecule has 1 aromatic heterocycles. The Labute approximate surface area is 96.6 Å². The summed E-state index contributed by atoms with van der Waals surface area (Å²) < 4.78 is 0.